The van der Waals surface area contributed by atoms with Gasteiger partial charge in [-0.3, -0.25) is 4.79 Å². The number of carboxylic acid groups (broad SMARTS) is 1. The zero-order valence-electron chi connectivity index (χ0n) is 8.66. The molecule has 6 heteroatoms. The van der Waals surface area contributed by atoms with E-state index in [0.717, 1.165) is 0 Å². The summed E-state index contributed by atoms with van der Waals surface area (Å²) in [6.45, 7) is 1.54. The van der Waals surface area contributed by atoms with Gasteiger partial charge in [-0.05, 0) is 18.6 Å². The fourth-order valence-electron chi connectivity index (χ4n) is 1.30. The van der Waals surface area contributed by atoms with Gasteiger partial charge in [0.25, 0.3) is 0 Å². The van der Waals surface area contributed by atoms with Crippen LogP contribution in [0.25, 0.3) is 0 Å². The molecule has 90 valence electrons. The van der Waals surface area contributed by atoms with E-state index in [-0.39, 0.29) is 23.7 Å². The maximum Gasteiger partial charge on any atom is 0.322 e. The Hall–Kier alpha value is -1.07. The molecule has 16 heavy (non-hydrogen) atoms. The van der Waals surface area contributed by atoms with Crippen LogP contribution in [0.15, 0.2) is 35.2 Å². The molecule has 0 bridgehead atoms. The van der Waals surface area contributed by atoms with E-state index in [1.807, 2.05) is 0 Å². The summed E-state index contributed by atoms with van der Waals surface area (Å²) in [4.78, 5) is 10.8. The number of hydrogen-bond donors (Lipinski definition) is 1. The van der Waals surface area contributed by atoms with E-state index >= 15 is 0 Å². The van der Waals surface area contributed by atoms with E-state index in [1.54, 1.807) is 25.1 Å². The van der Waals surface area contributed by atoms with Gasteiger partial charge in [-0.15, -0.1) is 12.4 Å². The molecule has 0 aliphatic carbocycles. The van der Waals surface area contributed by atoms with Crippen molar-refractivity contribution in [1.82, 2.24) is 0 Å². The third-order valence-corrected chi connectivity index (χ3v) is 4.31. The number of halogens is 1. The second-order valence-corrected chi connectivity index (χ2v) is 5.22. The molecule has 0 aromatic heterocycles. The fourth-order valence-corrected chi connectivity index (χ4v) is 2.87. The van der Waals surface area contributed by atoms with Gasteiger partial charge < -0.3 is 5.11 Å². The molecule has 1 N–H and O–H groups in total. The molecule has 1 unspecified atom stereocenters. The van der Waals surface area contributed by atoms with Crippen LogP contribution in [-0.2, 0) is 14.6 Å². The van der Waals surface area contributed by atoms with Crippen LogP contribution in [-0.4, -0.2) is 24.7 Å². The van der Waals surface area contributed by atoms with Gasteiger partial charge in [0.1, 0.15) is 0 Å². The molecule has 0 saturated heterocycles. The lowest BCUT2D eigenvalue weighted by atomic mass is 10.3. The Balaban J connectivity index is 0.00000225. The van der Waals surface area contributed by atoms with Gasteiger partial charge in [-0.1, -0.05) is 25.1 Å². The first-order chi connectivity index (χ1) is 7.00. The van der Waals surface area contributed by atoms with Crippen LogP contribution in [0, 0.1) is 0 Å². The molecule has 0 aliphatic rings. The number of hydrogen-bond acceptors (Lipinski definition) is 3. The van der Waals surface area contributed by atoms with Crippen LogP contribution in [0.3, 0.4) is 0 Å². The van der Waals surface area contributed by atoms with Gasteiger partial charge in [0, 0.05) is 0 Å². The van der Waals surface area contributed by atoms with Crippen molar-refractivity contribution in [3.05, 3.63) is 30.3 Å². The standard InChI is InChI=1S/C10H12O4S.ClH/c1-2-9(10(11)12)15(13,14)8-6-4-3-5-7-8;/h3-7,9H,2H2,1H3,(H,11,12);1H. The Morgan fingerprint density at radius 3 is 2.19 bits per heavy atom. The predicted octanol–water partition coefficient (Wildman–Crippen LogP) is 1.75. The quantitative estimate of drug-likeness (QED) is 0.899. The second-order valence-electron chi connectivity index (χ2n) is 3.09. The lowest BCUT2D eigenvalue weighted by Crippen LogP contribution is -2.29. The Morgan fingerprint density at radius 2 is 1.81 bits per heavy atom. The molecule has 0 saturated carbocycles. The van der Waals surface area contributed by atoms with E-state index in [1.165, 1.54) is 12.1 Å². The highest BCUT2D eigenvalue weighted by Crippen LogP contribution is 2.17. The van der Waals surface area contributed by atoms with E-state index in [2.05, 4.69) is 0 Å². The van der Waals surface area contributed by atoms with Crippen LogP contribution in [0.4, 0.5) is 0 Å². The fraction of sp³-hybridized carbons (Fsp3) is 0.300. The van der Waals surface area contributed by atoms with Gasteiger partial charge in [0.2, 0.25) is 0 Å². The molecule has 4 nitrogen and oxygen atoms in total. The van der Waals surface area contributed by atoms with Crippen molar-refractivity contribution in [3.8, 4) is 0 Å². The van der Waals surface area contributed by atoms with Crippen molar-refractivity contribution in [2.24, 2.45) is 0 Å². The molecular formula is C10H13ClO4S. The average molecular weight is 265 g/mol. The van der Waals surface area contributed by atoms with E-state index < -0.39 is 21.1 Å². The molecule has 0 aliphatic heterocycles. The number of sulfone groups is 1. The van der Waals surface area contributed by atoms with Crippen molar-refractivity contribution in [2.45, 2.75) is 23.5 Å². The summed E-state index contributed by atoms with van der Waals surface area (Å²) in [6, 6.07) is 7.63. The van der Waals surface area contributed by atoms with Crippen LogP contribution in [0.2, 0.25) is 0 Å². The molecule has 0 fully saturated rings. The molecular weight excluding hydrogens is 252 g/mol. The SMILES string of the molecule is CCC(C(=O)O)S(=O)(=O)c1ccccc1.Cl. The summed E-state index contributed by atoms with van der Waals surface area (Å²) in [5.41, 5.74) is 0. The molecule has 1 aromatic carbocycles. The van der Waals surface area contributed by atoms with Gasteiger partial charge in [-0.25, -0.2) is 8.42 Å². The Labute approximate surface area is 101 Å². The normalized spacial score (nSPS) is 12.6. The molecule has 0 heterocycles. The summed E-state index contributed by atoms with van der Waals surface area (Å²) in [5.74, 6) is -1.30. The maximum atomic E-state index is 11.8. The largest absolute Gasteiger partial charge is 0.480 e. The summed E-state index contributed by atoms with van der Waals surface area (Å²) < 4.78 is 23.6. The minimum absolute atomic E-state index is 0. The highest BCUT2D eigenvalue weighted by atomic mass is 35.5. The van der Waals surface area contributed by atoms with Crippen molar-refractivity contribution >= 4 is 28.2 Å². The first-order valence-electron chi connectivity index (χ1n) is 4.52. The van der Waals surface area contributed by atoms with Gasteiger partial charge in [0.15, 0.2) is 15.1 Å². The number of benzene rings is 1. The molecule has 1 rings (SSSR count). The lowest BCUT2D eigenvalue weighted by Gasteiger charge is -2.10. The Bertz CT molecular complexity index is 441. The number of aliphatic carboxylic acids is 1. The highest BCUT2D eigenvalue weighted by Gasteiger charge is 2.31. The third kappa shape index (κ3) is 2.96. The zero-order valence-corrected chi connectivity index (χ0v) is 10.3. The second kappa shape index (κ2) is 5.86. The number of carboxylic acids is 1. The predicted molar refractivity (Wildman–Crippen MR) is 62.6 cm³/mol. The third-order valence-electron chi connectivity index (χ3n) is 2.09. The molecule has 1 aromatic rings. The monoisotopic (exact) mass is 264 g/mol. The zero-order chi connectivity index (χ0) is 11.5. The summed E-state index contributed by atoms with van der Waals surface area (Å²) in [6.07, 6.45) is 0.0621. The smallest absolute Gasteiger partial charge is 0.322 e. The topological polar surface area (TPSA) is 71.4 Å². The summed E-state index contributed by atoms with van der Waals surface area (Å²) in [7, 11) is -3.75. The molecule has 1 atom stereocenters. The van der Waals surface area contributed by atoms with E-state index in [0.29, 0.717) is 0 Å². The van der Waals surface area contributed by atoms with Gasteiger partial charge in [0.05, 0.1) is 4.90 Å². The minimum Gasteiger partial charge on any atom is -0.480 e. The van der Waals surface area contributed by atoms with Crippen molar-refractivity contribution in [2.75, 3.05) is 0 Å². The minimum atomic E-state index is -3.75. The summed E-state index contributed by atoms with van der Waals surface area (Å²) in [5, 5.41) is 7.43. The van der Waals surface area contributed by atoms with Crippen LogP contribution >= 0.6 is 12.4 Å². The van der Waals surface area contributed by atoms with Crippen molar-refractivity contribution < 1.29 is 18.3 Å². The number of carbonyl (C=O) groups is 1. The summed E-state index contributed by atoms with van der Waals surface area (Å²) >= 11 is 0. The van der Waals surface area contributed by atoms with Gasteiger partial charge in [-0.2, -0.15) is 0 Å². The van der Waals surface area contributed by atoms with Crippen LogP contribution in [0.1, 0.15) is 13.3 Å². The van der Waals surface area contributed by atoms with Crippen molar-refractivity contribution in [1.29, 1.82) is 0 Å². The lowest BCUT2D eigenvalue weighted by molar-refractivity contribution is -0.136. The highest BCUT2D eigenvalue weighted by molar-refractivity contribution is 7.92. The first kappa shape index (κ1) is 14.9. The number of rotatable bonds is 4. The average Bonchev–Trinajstić information content (AvgIpc) is 2.19. The van der Waals surface area contributed by atoms with Crippen LogP contribution in [0.5, 0.6) is 0 Å². The van der Waals surface area contributed by atoms with Crippen LogP contribution < -0.4 is 0 Å². The maximum absolute atomic E-state index is 11.8. The Kier molecular flexibility index (Phi) is 5.47. The van der Waals surface area contributed by atoms with Crippen molar-refractivity contribution in [3.63, 3.8) is 0 Å². The Morgan fingerprint density at radius 1 is 1.31 bits per heavy atom. The first-order valence-corrected chi connectivity index (χ1v) is 6.06. The molecule has 0 spiro atoms. The van der Waals surface area contributed by atoms with E-state index in [4.69, 9.17) is 5.11 Å². The van der Waals surface area contributed by atoms with E-state index in [9.17, 15) is 13.2 Å². The molecule has 0 radical (unpaired) electrons. The molecule has 0 amide bonds. The van der Waals surface area contributed by atoms with Gasteiger partial charge >= 0.3 is 5.97 Å².